The van der Waals surface area contributed by atoms with Crippen molar-refractivity contribution in [2.45, 2.75) is 39.3 Å². The molecule has 1 atom stereocenters. The Morgan fingerprint density at radius 1 is 1.35 bits per heavy atom. The van der Waals surface area contributed by atoms with E-state index in [1.54, 1.807) is 6.07 Å². The Morgan fingerprint density at radius 3 is 2.65 bits per heavy atom. The van der Waals surface area contributed by atoms with E-state index >= 15 is 0 Å². The quantitative estimate of drug-likeness (QED) is 0.816. The Morgan fingerprint density at radius 2 is 2.05 bits per heavy atom. The van der Waals surface area contributed by atoms with Crippen molar-refractivity contribution in [1.82, 2.24) is 10.6 Å². The summed E-state index contributed by atoms with van der Waals surface area (Å²) in [6.45, 7) is 8.43. The monoisotopic (exact) mass is 282 g/mol. The van der Waals surface area contributed by atoms with Gasteiger partial charge in [-0.15, -0.1) is 0 Å². The maximum absolute atomic E-state index is 13.1. The number of carbonyl (C=O) groups is 1. The molecule has 1 amide bonds. The molecule has 0 unspecified atom stereocenters. The second-order valence-corrected chi connectivity index (χ2v) is 5.66. The van der Waals surface area contributed by atoms with Crippen LogP contribution in [0, 0.1) is 5.82 Å². The Labute approximate surface area is 119 Å². The summed E-state index contributed by atoms with van der Waals surface area (Å²) in [5, 5.41) is 5.87. The average Bonchev–Trinajstić information content (AvgIpc) is 2.32. The van der Waals surface area contributed by atoms with E-state index in [0.29, 0.717) is 13.1 Å². The summed E-state index contributed by atoms with van der Waals surface area (Å²) in [6, 6.07) is 6.48. The van der Waals surface area contributed by atoms with Crippen molar-refractivity contribution in [3.05, 3.63) is 35.6 Å². The molecule has 20 heavy (non-hydrogen) atoms. The van der Waals surface area contributed by atoms with Gasteiger partial charge in [-0.1, -0.05) is 12.1 Å². The van der Waals surface area contributed by atoms with Crippen LogP contribution in [-0.4, -0.2) is 24.8 Å². The van der Waals surface area contributed by atoms with Gasteiger partial charge in [-0.05, 0) is 45.4 Å². The van der Waals surface area contributed by atoms with Crippen LogP contribution in [0.4, 0.5) is 9.18 Å². The van der Waals surface area contributed by atoms with Gasteiger partial charge in [-0.3, -0.25) is 0 Å². The van der Waals surface area contributed by atoms with Gasteiger partial charge in [-0.2, -0.15) is 0 Å². The SMILES string of the molecule is C[C@@H](NCCNC(=O)OC(C)(C)C)c1cccc(F)c1. The molecule has 0 radical (unpaired) electrons. The minimum atomic E-state index is -0.494. The lowest BCUT2D eigenvalue weighted by Gasteiger charge is -2.20. The van der Waals surface area contributed by atoms with E-state index in [2.05, 4.69) is 10.6 Å². The Kier molecular flexibility index (Phi) is 5.95. The number of ether oxygens (including phenoxy) is 1. The van der Waals surface area contributed by atoms with Gasteiger partial charge in [0.1, 0.15) is 11.4 Å². The molecule has 112 valence electrons. The first-order valence-corrected chi connectivity index (χ1v) is 6.73. The van der Waals surface area contributed by atoms with Gasteiger partial charge in [0.15, 0.2) is 0 Å². The molecule has 0 bridgehead atoms. The van der Waals surface area contributed by atoms with E-state index in [-0.39, 0.29) is 11.9 Å². The first-order valence-electron chi connectivity index (χ1n) is 6.73. The first-order chi connectivity index (χ1) is 9.28. The van der Waals surface area contributed by atoms with E-state index in [4.69, 9.17) is 4.74 Å². The van der Waals surface area contributed by atoms with Gasteiger partial charge in [0, 0.05) is 19.1 Å². The minimum Gasteiger partial charge on any atom is -0.444 e. The number of nitrogens with one attached hydrogen (secondary N) is 2. The molecule has 0 heterocycles. The van der Waals surface area contributed by atoms with Crippen molar-refractivity contribution in [2.24, 2.45) is 0 Å². The maximum Gasteiger partial charge on any atom is 0.407 e. The van der Waals surface area contributed by atoms with E-state index in [0.717, 1.165) is 5.56 Å². The lowest BCUT2D eigenvalue weighted by Crippen LogP contribution is -2.36. The highest BCUT2D eigenvalue weighted by Gasteiger charge is 2.15. The molecule has 2 N–H and O–H groups in total. The second-order valence-electron chi connectivity index (χ2n) is 5.66. The maximum atomic E-state index is 13.1. The summed E-state index contributed by atoms with van der Waals surface area (Å²) in [5.74, 6) is -0.247. The van der Waals surface area contributed by atoms with Crippen LogP contribution < -0.4 is 10.6 Å². The van der Waals surface area contributed by atoms with Gasteiger partial charge in [-0.25, -0.2) is 9.18 Å². The van der Waals surface area contributed by atoms with Crippen molar-refractivity contribution < 1.29 is 13.9 Å². The molecule has 0 aromatic heterocycles. The van der Waals surface area contributed by atoms with Gasteiger partial charge < -0.3 is 15.4 Å². The summed E-state index contributed by atoms with van der Waals surface area (Å²) in [6.07, 6.45) is -0.433. The summed E-state index contributed by atoms with van der Waals surface area (Å²) in [4.78, 5) is 11.4. The normalized spacial score (nSPS) is 12.8. The third kappa shape index (κ3) is 6.52. The number of halogens is 1. The van der Waals surface area contributed by atoms with E-state index in [1.807, 2.05) is 33.8 Å². The minimum absolute atomic E-state index is 0.0196. The van der Waals surface area contributed by atoms with Crippen LogP contribution in [0.1, 0.15) is 39.3 Å². The highest BCUT2D eigenvalue weighted by Crippen LogP contribution is 2.12. The molecule has 0 aliphatic rings. The molecule has 0 saturated heterocycles. The lowest BCUT2D eigenvalue weighted by molar-refractivity contribution is 0.0528. The van der Waals surface area contributed by atoms with Gasteiger partial charge in [0.25, 0.3) is 0 Å². The molecule has 0 aliphatic carbocycles. The largest absolute Gasteiger partial charge is 0.444 e. The van der Waals surface area contributed by atoms with Crippen molar-refractivity contribution in [3.63, 3.8) is 0 Å². The van der Waals surface area contributed by atoms with Crippen LogP contribution in [-0.2, 0) is 4.74 Å². The van der Waals surface area contributed by atoms with Crippen LogP contribution >= 0.6 is 0 Å². The molecule has 0 fully saturated rings. The highest BCUT2D eigenvalue weighted by molar-refractivity contribution is 5.67. The van der Waals surface area contributed by atoms with Crippen LogP contribution in [0.15, 0.2) is 24.3 Å². The molecule has 4 nitrogen and oxygen atoms in total. The molecule has 0 aliphatic heterocycles. The third-order valence-corrected chi connectivity index (χ3v) is 2.59. The number of hydrogen-bond donors (Lipinski definition) is 2. The number of benzene rings is 1. The number of carbonyl (C=O) groups excluding carboxylic acids is 1. The van der Waals surface area contributed by atoms with Crippen LogP contribution in [0.25, 0.3) is 0 Å². The zero-order chi connectivity index (χ0) is 15.2. The fourth-order valence-corrected chi connectivity index (χ4v) is 1.66. The summed E-state index contributed by atoms with van der Waals surface area (Å²) >= 11 is 0. The molecule has 1 aromatic carbocycles. The predicted octanol–water partition coefficient (Wildman–Crippen LogP) is 3.00. The number of amides is 1. The molecule has 0 spiro atoms. The van der Waals surface area contributed by atoms with Crippen molar-refractivity contribution in [2.75, 3.05) is 13.1 Å². The van der Waals surface area contributed by atoms with Crippen molar-refractivity contribution in [3.8, 4) is 0 Å². The molecular formula is C15H23FN2O2. The number of alkyl carbamates (subject to hydrolysis) is 1. The molecule has 0 saturated carbocycles. The second kappa shape index (κ2) is 7.24. The first kappa shape index (κ1) is 16.4. The molecule has 5 heteroatoms. The fraction of sp³-hybridized carbons (Fsp3) is 0.533. The van der Waals surface area contributed by atoms with Crippen LogP contribution in [0.5, 0.6) is 0 Å². The summed E-state index contributed by atoms with van der Waals surface area (Å²) < 4.78 is 18.2. The molecular weight excluding hydrogens is 259 g/mol. The number of rotatable bonds is 5. The van der Waals surface area contributed by atoms with Crippen LogP contribution in [0.2, 0.25) is 0 Å². The highest BCUT2D eigenvalue weighted by atomic mass is 19.1. The predicted molar refractivity (Wildman–Crippen MR) is 77.1 cm³/mol. The Balaban J connectivity index is 2.26. The summed E-state index contributed by atoms with van der Waals surface area (Å²) in [5.41, 5.74) is 0.383. The van der Waals surface area contributed by atoms with Gasteiger partial charge >= 0.3 is 6.09 Å². The van der Waals surface area contributed by atoms with Crippen molar-refractivity contribution in [1.29, 1.82) is 0 Å². The van der Waals surface area contributed by atoms with E-state index < -0.39 is 11.7 Å². The smallest absolute Gasteiger partial charge is 0.407 e. The van der Waals surface area contributed by atoms with E-state index in [9.17, 15) is 9.18 Å². The van der Waals surface area contributed by atoms with Crippen molar-refractivity contribution >= 4 is 6.09 Å². The zero-order valence-corrected chi connectivity index (χ0v) is 12.5. The Bertz CT molecular complexity index is 444. The Hall–Kier alpha value is -1.62. The zero-order valence-electron chi connectivity index (χ0n) is 12.5. The van der Waals surface area contributed by atoms with Crippen LogP contribution in [0.3, 0.4) is 0 Å². The third-order valence-electron chi connectivity index (χ3n) is 2.59. The lowest BCUT2D eigenvalue weighted by atomic mass is 10.1. The molecule has 1 aromatic rings. The molecule has 1 rings (SSSR count). The fourth-order valence-electron chi connectivity index (χ4n) is 1.66. The van der Waals surface area contributed by atoms with Gasteiger partial charge in [0.2, 0.25) is 0 Å². The standard InChI is InChI=1S/C15H23FN2O2/c1-11(12-6-5-7-13(16)10-12)17-8-9-18-14(19)20-15(2,3)4/h5-7,10-11,17H,8-9H2,1-4H3,(H,18,19)/t11-/m1/s1. The van der Waals surface area contributed by atoms with E-state index in [1.165, 1.54) is 12.1 Å². The topological polar surface area (TPSA) is 50.4 Å². The average molecular weight is 282 g/mol. The summed E-state index contributed by atoms with van der Waals surface area (Å²) in [7, 11) is 0. The van der Waals surface area contributed by atoms with Gasteiger partial charge in [0.05, 0.1) is 0 Å². The number of hydrogen-bond acceptors (Lipinski definition) is 3.